The van der Waals surface area contributed by atoms with E-state index in [1.165, 1.54) is 19.1 Å². The zero-order valence-electron chi connectivity index (χ0n) is 15.5. The van der Waals surface area contributed by atoms with Crippen LogP contribution in [0.2, 0.25) is 0 Å². The highest BCUT2D eigenvalue weighted by Crippen LogP contribution is 2.75. The Hall–Kier alpha value is -3.08. The van der Waals surface area contributed by atoms with Crippen LogP contribution in [0.4, 0.5) is 0 Å². The number of aliphatic hydroxyl groups excluding tert-OH is 1. The van der Waals surface area contributed by atoms with Gasteiger partial charge in [0, 0.05) is 11.8 Å². The number of amides is 1. The largest absolute Gasteiger partial charge is 0.508 e. The Morgan fingerprint density at radius 2 is 1.70 bits per heavy atom. The lowest BCUT2D eigenvalue weighted by atomic mass is 9.53. The number of phenols is 1. The standard InChI is InChI=1S/C20H17NO9/c1-17(28)6-3-2-4-7(22)10(6)12(23)18-8(17)5-9-19(29,16(18)27)13(24)11(15(21)26)14(25)20(9,18)30/h2-4,8-9,22,25,28-30H,5H2,1H3,(H2,21,26). The van der Waals surface area contributed by atoms with Gasteiger partial charge in [-0.2, -0.15) is 0 Å². The van der Waals surface area contributed by atoms with E-state index in [2.05, 4.69) is 0 Å². The third-order valence-corrected chi connectivity index (χ3v) is 7.58. The van der Waals surface area contributed by atoms with Crippen LogP contribution in [-0.2, 0) is 20.0 Å². The van der Waals surface area contributed by atoms with E-state index in [1.807, 2.05) is 0 Å². The number of aliphatic hydroxyl groups is 4. The molecule has 1 aromatic rings. The fourth-order valence-electron chi connectivity index (χ4n) is 6.39. The van der Waals surface area contributed by atoms with Gasteiger partial charge in [0.1, 0.15) is 28.1 Å². The molecule has 0 aromatic heterocycles. The van der Waals surface area contributed by atoms with Gasteiger partial charge in [-0.15, -0.1) is 0 Å². The fraction of sp³-hybridized carbons (Fsp3) is 0.400. The third kappa shape index (κ3) is 1.43. The molecule has 2 fully saturated rings. The van der Waals surface area contributed by atoms with Crippen molar-refractivity contribution in [3.05, 3.63) is 40.7 Å². The molecular weight excluding hydrogens is 398 g/mol. The highest BCUT2D eigenvalue weighted by molar-refractivity contribution is 6.37. The summed E-state index contributed by atoms with van der Waals surface area (Å²) in [7, 11) is 0. The summed E-state index contributed by atoms with van der Waals surface area (Å²) in [5.41, 5.74) is -7.04. The summed E-state index contributed by atoms with van der Waals surface area (Å²) in [5, 5.41) is 55.1. The number of fused-ring (bicyclic) bond motifs is 1. The zero-order chi connectivity index (χ0) is 22.2. The number of Topliss-reactive ketones (excluding diaryl/α,β-unsaturated/α-hetero) is 3. The van der Waals surface area contributed by atoms with Gasteiger partial charge in [-0.25, -0.2) is 0 Å². The van der Waals surface area contributed by atoms with E-state index in [0.717, 1.165) is 6.07 Å². The van der Waals surface area contributed by atoms with Gasteiger partial charge in [0.2, 0.25) is 5.78 Å². The molecule has 1 spiro atoms. The molecule has 7 N–H and O–H groups in total. The van der Waals surface area contributed by atoms with Crippen molar-refractivity contribution < 1.29 is 44.7 Å². The Morgan fingerprint density at radius 1 is 1.07 bits per heavy atom. The van der Waals surface area contributed by atoms with Gasteiger partial charge in [-0.1, -0.05) is 12.1 Å². The first kappa shape index (κ1) is 18.9. The number of phenolic OH excluding ortho intramolecular Hbond substituents is 1. The first-order chi connectivity index (χ1) is 13.8. The highest BCUT2D eigenvalue weighted by atomic mass is 16.4. The smallest absolute Gasteiger partial charge is 0.256 e. The molecule has 1 aromatic carbocycles. The minimum atomic E-state index is -2.99. The van der Waals surface area contributed by atoms with Gasteiger partial charge < -0.3 is 31.3 Å². The van der Waals surface area contributed by atoms with Crippen LogP contribution in [0, 0.1) is 17.3 Å². The summed E-state index contributed by atoms with van der Waals surface area (Å²) in [6.07, 6.45) is -0.394. The number of primary amides is 1. The van der Waals surface area contributed by atoms with Crippen molar-refractivity contribution in [2.75, 3.05) is 0 Å². The van der Waals surface area contributed by atoms with Crippen molar-refractivity contribution >= 4 is 23.3 Å². The number of carbonyl (C=O) groups excluding carboxylic acids is 4. The SMILES string of the molecule is CC1(O)c2cccc(O)c2C(=O)C23C(=O)C4(O)C(=O)C(C(N)=O)=C(O)C2(O)C4CC13. The minimum absolute atomic E-state index is 0.00136. The van der Waals surface area contributed by atoms with E-state index in [4.69, 9.17) is 5.73 Å². The number of aromatic hydroxyl groups is 1. The van der Waals surface area contributed by atoms with E-state index >= 15 is 0 Å². The molecule has 0 saturated heterocycles. The summed E-state index contributed by atoms with van der Waals surface area (Å²) in [5.74, 6) is -10.5. The van der Waals surface area contributed by atoms with Crippen LogP contribution < -0.4 is 5.73 Å². The Bertz CT molecular complexity index is 1170. The van der Waals surface area contributed by atoms with Gasteiger partial charge in [0.25, 0.3) is 5.91 Å². The van der Waals surface area contributed by atoms with Crippen LogP contribution in [-0.4, -0.2) is 60.0 Å². The summed E-state index contributed by atoms with van der Waals surface area (Å²) >= 11 is 0. The molecule has 156 valence electrons. The van der Waals surface area contributed by atoms with Crippen molar-refractivity contribution in [3.63, 3.8) is 0 Å². The Kier molecular flexibility index (Phi) is 3.03. The monoisotopic (exact) mass is 415 g/mol. The van der Waals surface area contributed by atoms with Crippen LogP contribution >= 0.6 is 0 Å². The molecule has 4 aliphatic carbocycles. The summed E-state index contributed by atoms with van der Waals surface area (Å²) < 4.78 is 0. The average molecular weight is 415 g/mol. The maximum absolute atomic E-state index is 13.7. The van der Waals surface area contributed by atoms with Crippen LogP contribution in [0.3, 0.4) is 0 Å². The quantitative estimate of drug-likeness (QED) is 0.230. The van der Waals surface area contributed by atoms with Gasteiger partial charge >= 0.3 is 0 Å². The molecule has 5 rings (SSSR count). The Morgan fingerprint density at radius 3 is 2.30 bits per heavy atom. The third-order valence-electron chi connectivity index (χ3n) is 7.58. The average Bonchev–Trinajstić information content (AvgIpc) is 3.02. The molecule has 10 heteroatoms. The van der Waals surface area contributed by atoms with E-state index in [1.54, 1.807) is 0 Å². The molecule has 0 heterocycles. The number of carbonyl (C=O) groups is 4. The van der Waals surface area contributed by atoms with Crippen LogP contribution in [0.15, 0.2) is 29.5 Å². The lowest BCUT2D eigenvalue weighted by molar-refractivity contribution is -0.164. The number of rotatable bonds is 1. The van der Waals surface area contributed by atoms with E-state index < -0.39 is 86.4 Å². The summed E-state index contributed by atoms with van der Waals surface area (Å²) in [4.78, 5) is 51.9. The van der Waals surface area contributed by atoms with Gasteiger partial charge in [0.15, 0.2) is 17.2 Å². The molecular formula is C20H17NO9. The molecule has 4 bridgehead atoms. The number of benzene rings is 1. The summed E-state index contributed by atoms with van der Waals surface area (Å²) in [6, 6.07) is 3.89. The normalized spacial score (nSPS) is 43.7. The van der Waals surface area contributed by atoms with E-state index in [-0.39, 0.29) is 5.56 Å². The fourth-order valence-corrected chi connectivity index (χ4v) is 6.39. The van der Waals surface area contributed by atoms with E-state index in [0.29, 0.717) is 0 Å². The molecule has 30 heavy (non-hydrogen) atoms. The first-order valence-corrected chi connectivity index (χ1v) is 9.19. The topological polar surface area (TPSA) is 195 Å². The second-order valence-corrected chi connectivity index (χ2v) is 8.60. The van der Waals surface area contributed by atoms with Crippen LogP contribution in [0.25, 0.3) is 0 Å². The van der Waals surface area contributed by atoms with Crippen molar-refractivity contribution in [2.24, 2.45) is 23.0 Å². The maximum atomic E-state index is 13.7. The lowest BCUT2D eigenvalue weighted by Gasteiger charge is -2.49. The zero-order valence-corrected chi connectivity index (χ0v) is 15.5. The molecule has 0 aliphatic heterocycles. The molecule has 10 nitrogen and oxygen atoms in total. The van der Waals surface area contributed by atoms with Crippen LogP contribution in [0.1, 0.15) is 29.3 Å². The number of hydrogen-bond donors (Lipinski definition) is 6. The molecule has 0 radical (unpaired) electrons. The van der Waals surface area contributed by atoms with Crippen molar-refractivity contribution in [2.45, 2.75) is 30.1 Å². The molecule has 2 saturated carbocycles. The van der Waals surface area contributed by atoms with Crippen LogP contribution in [0.5, 0.6) is 5.75 Å². The number of ketones is 3. The van der Waals surface area contributed by atoms with E-state index in [9.17, 15) is 44.7 Å². The maximum Gasteiger partial charge on any atom is 0.256 e. The van der Waals surface area contributed by atoms with Crippen molar-refractivity contribution in [3.8, 4) is 5.75 Å². The van der Waals surface area contributed by atoms with Crippen molar-refractivity contribution in [1.82, 2.24) is 0 Å². The number of nitrogens with two attached hydrogens (primary N) is 1. The van der Waals surface area contributed by atoms with Gasteiger partial charge in [-0.3, -0.25) is 19.2 Å². The highest BCUT2D eigenvalue weighted by Gasteiger charge is 2.92. The Labute approximate surface area is 168 Å². The Balaban J connectivity index is 1.95. The van der Waals surface area contributed by atoms with Crippen molar-refractivity contribution in [1.29, 1.82) is 0 Å². The van der Waals surface area contributed by atoms with Gasteiger partial charge in [0.05, 0.1) is 11.2 Å². The number of hydrogen-bond acceptors (Lipinski definition) is 9. The molecule has 6 atom stereocenters. The molecule has 4 aliphatic rings. The minimum Gasteiger partial charge on any atom is -0.508 e. The molecule has 6 unspecified atom stereocenters. The first-order valence-electron chi connectivity index (χ1n) is 9.19. The second kappa shape index (κ2) is 4.80. The lowest BCUT2D eigenvalue weighted by Crippen LogP contribution is -2.64. The molecule has 1 amide bonds. The second-order valence-electron chi connectivity index (χ2n) is 8.60. The predicted octanol–water partition coefficient (Wildman–Crippen LogP) is -1.66. The summed E-state index contributed by atoms with van der Waals surface area (Å²) in [6.45, 7) is 1.27. The van der Waals surface area contributed by atoms with Gasteiger partial charge in [-0.05, 0) is 25.0 Å². The predicted molar refractivity (Wildman–Crippen MR) is 94.8 cm³/mol.